The van der Waals surface area contributed by atoms with Crippen molar-refractivity contribution >= 4 is 11.0 Å². The third-order valence-electron chi connectivity index (χ3n) is 2.73. The summed E-state index contributed by atoms with van der Waals surface area (Å²) in [5, 5.41) is 0.571. The molecule has 5 nitrogen and oxygen atoms in total. The minimum Gasteiger partial charge on any atom is -0.437 e. The van der Waals surface area contributed by atoms with Gasteiger partial charge in [-0.1, -0.05) is 0 Å². The molecule has 2 aliphatic rings. The molecular formula is C12H7FN2O3. The Morgan fingerprint density at radius 3 is 2.83 bits per heavy atom. The van der Waals surface area contributed by atoms with Gasteiger partial charge in [0.1, 0.15) is 17.0 Å². The molecule has 18 heavy (non-hydrogen) atoms. The number of benzene rings is 1. The summed E-state index contributed by atoms with van der Waals surface area (Å²) in [6.45, 7) is 0. The van der Waals surface area contributed by atoms with Gasteiger partial charge in [0.05, 0.1) is 0 Å². The maximum absolute atomic E-state index is 13.1. The summed E-state index contributed by atoms with van der Waals surface area (Å²) in [5.74, 6) is -0.544. The third-order valence-corrected chi connectivity index (χ3v) is 2.73. The average Bonchev–Trinajstić information content (AvgIpc) is 2.34. The number of hydrogen-bond donors (Lipinski definition) is 0. The van der Waals surface area contributed by atoms with Crippen LogP contribution in [-0.4, -0.2) is 9.55 Å². The molecule has 2 heterocycles. The Hall–Kier alpha value is -2.50. The summed E-state index contributed by atoms with van der Waals surface area (Å²) in [4.78, 5) is 26.9. The standard InChI is InChI=1S/C12H7FN2O3/c1-15-11(16)8-4-6-2-3-7(13)5-9(6)18-10(8)14-12(15)17/h2-5H,1H3. The normalized spacial score (nSPS) is 11.2. The van der Waals surface area contributed by atoms with E-state index in [0.29, 0.717) is 5.39 Å². The third kappa shape index (κ3) is 1.42. The zero-order chi connectivity index (χ0) is 12.9. The summed E-state index contributed by atoms with van der Waals surface area (Å²) in [5.41, 5.74) is -0.758. The van der Waals surface area contributed by atoms with Gasteiger partial charge in [-0.15, -0.1) is 0 Å². The molecule has 2 aliphatic heterocycles. The van der Waals surface area contributed by atoms with E-state index < -0.39 is 17.1 Å². The summed E-state index contributed by atoms with van der Waals surface area (Å²) < 4.78 is 19.2. The summed E-state index contributed by atoms with van der Waals surface area (Å²) in [7, 11) is 1.34. The van der Waals surface area contributed by atoms with Gasteiger partial charge in [-0.3, -0.25) is 9.36 Å². The summed E-state index contributed by atoms with van der Waals surface area (Å²) >= 11 is 0. The highest BCUT2D eigenvalue weighted by Crippen LogP contribution is 2.23. The highest BCUT2D eigenvalue weighted by atomic mass is 19.1. The van der Waals surface area contributed by atoms with Gasteiger partial charge in [0.2, 0.25) is 5.89 Å². The number of fused-ring (bicyclic) bond motifs is 2. The Balaban J connectivity index is 2.54. The smallest absolute Gasteiger partial charge is 0.353 e. The van der Waals surface area contributed by atoms with Crippen molar-refractivity contribution in [2.75, 3.05) is 0 Å². The Labute approximate surface area is 99.5 Å². The first kappa shape index (κ1) is 10.6. The van der Waals surface area contributed by atoms with Crippen LogP contribution in [0.3, 0.4) is 0 Å². The van der Waals surface area contributed by atoms with E-state index in [-0.39, 0.29) is 17.0 Å². The molecule has 1 aromatic carbocycles. The average molecular weight is 246 g/mol. The first-order valence-electron chi connectivity index (χ1n) is 5.16. The van der Waals surface area contributed by atoms with Crippen molar-refractivity contribution in [3.63, 3.8) is 0 Å². The molecule has 3 rings (SSSR count). The molecule has 0 aliphatic carbocycles. The minimum absolute atomic E-state index is 0.0822. The van der Waals surface area contributed by atoms with E-state index in [1.165, 1.54) is 31.3 Å². The van der Waals surface area contributed by atoms with Gasteiger partial charge in [-0.25, -0.2) is 9.18 Å². The Morgan fingerprint density at radius 1 is 1.28 bits per heavy atom. The van der Waals surface area contributed by atoms with Crippen LogP contribution in [0.4, 0.5) is 4.39 Å². The first-order chi connectivity index (χ1) is 8.56. The number of nitrogens with zero attached hydrogens (tertiary/aromatic N) is 2. The van der Waals surface area contributed by atoms with Crippen molar-refractivity contribution in [2.24, 2.45) is 7.05 Å². The van der Waals surface area contributed by atoms with E-state index >= 15 is 0 Å². The van der Waals surface area contributed by atoms with Crippen LogP contribution in [0, 0.1) is 5.82 Å². The molecule has 0 atom stereocenters. The van der Waals surface area contributed by atoms with E-state index in [4.69, 9.17) is 4.42 Å². The van der Waals surface area contributed by atoms with E-state index in [9.17, 15) is 14.0 Å². The van der Waals surface area contributed by atoms with Crippen molar-refractivity contribution in [1.82, 2.24) is 9.55 Å². The minimum atomic E-state index is -0.702. The molecule has 90 valence electrons. The second kappa shape index (κ2) is 3.49. The zero-order valence-corrected chi connectivity index (χ0v) is 9.31. The van der Waals surface area contributed by atoms with Crippen molar-refractivity contribution in [1.29, 1.82) is 0 Å². The number of rotatable bonds is 0. The van der Waals surface area contributed by atoms with Crippen LogP contribution < -0.4 is 11.2 Å². The topological polar surface area (TPSA) is 65.1 Å². The SMILES string of the molecule is Cn1c(=O)nc2oc3cc(F)ccc3cc-2c1=O. The molecular weight excluding hydrogens is 239 g/mol. The van der Waals surface area contributed by atoms with Gasteiger partial charge in [-0.05, 0) is 18.2 Å². The lowest BCUT2D eigenvalue weighted by atomic mass is 10.1. The van der Waals surface area contributed by atoms with Crippen LogP contribution in [0.5, 0.6) is 0 Å². The lowest BCUT2D eigenvalue weighted by Crippen LogP contribution is -2.34. The van der Waals surface area contributed by atoms with Crippen LogP contribution in [0.1, 0.15) is 0 Å². The van der Waals surface area contributed by atoms with E-state index in [0.717, 1.165) is 4.57 Å². The molecule has 0 unspecified atom stereocenters. The van der Waals surface area contributed by atoms with Crippen LogP contribution in [0.2, 0.25) is 0 Å². The monoisotopic (exact) mass is 246 g/mol. The highest BCUT2D eigenvalue weighted by molar-refractivity contribution is 5.81. The summed E-state index contributed by atoms with van der Waals surface area (Å²) in [6, 6.07) is 5.47. The second-order valence-electron chi connectivity index (χ2n) is 3.91. The fourth-order valence-corrected chi connectivity index (χ4v) is 1.76. The predicted molar refractivity (Wildman–Crippen MR) is 62.1 cm³/mol. The van der Waals surface area contributed by atoms with Crippen LogP contribution in [-0.2, 0) is 7.05 Å². The maximum atomic E-state index is 13.1. The molecule has 0 saturated heterocycles. The zero-order valence-electron chi connectivity index (χ0n) is 9.31. The maximum Gasteiger partial charge on any atom is 0.353 e. The van der Waals surface area contributed by atoms with E-state index in [2.05, 4.69) is 4.98 Å². The van der Waals surface area contributed by atoms with Crippen molar-refractivity contribution in [3.8, 4) is 11.5 Å². The lowest BCUT2D eigenvalue weighted by molar-refractivity contribution is 0.573. The second-order valence-corrected chi connectivity index (χ2v) is 3.91. The molecule has 0 N–H and O–H groups in total. The quantitative estimate of drug-likeness (QED) is 0.558. The fourth-order valence-electron chi connectivity index (χ4n) is 1.76. The Morgan fingerprint density at radius 2 is 2.06 bits per heavy atom. The van der Waals surface area contributed by atoms with Gasteiger partial charge in [0.15, 0.2) is 0 Å². The van der Waals surface area contributed by atoms with Crippen LogP contribution in [0.15, 0.2) is 38.3 Å². The van der Waals surface area contributed by atoms with Gasteiger partial charge in [-0.2, -0.15) is 4.98 Å². The molecule has 0 radical (unpaired) electrons. The Bertz CT molecular complexity index is 850. The number of hydrogen-bond acceptors (Lipinski definition) is 4. The summed E-state index contributed by atoms with van der Waals surface area (Å²) in [6.07, 6.45) is 0. The molecule has 0 bridgehead atoms. The first-order valence-corrected chi connectivity index (χ1v) is 5.16. The van der Waals surface area contributed by atoms with Gasteiger partial charge in [0, 0.05) is 18.5 Å². The molecule has 0 amide bonds. The number of halogens is 1. The highest BCUT2D eigenvalue weighted by Gasteiger charge is 2.16. The fraction of sp³-hybridized carbons (Fsp3) is 0.0833. The molecule has 0 fully saturated rings. The van der Waals surface area contributed by atoms with Gasteiger partial charge in [0.25, 0.3) is 5.56 Å². The Kier molecular flexibility index (Phi) is 2.07. The molecule has 1 aromatic rings. The lowest BCUT2D eigenvalue weighted by Gasteiger charge is -2.06. The van der Waals surface area contributed by atoms with Crippen LogP contribution in [0.25, 0.3) is 22.4 Å². The van der Waals surface area contributed by atoms with Crippen molar-refractivity contribution in [2.45, 2.75) is 0 Å². The van der Waals surface area contributed by atoms with E-state index in [1.807, 2.05) is 0 Å². The van der Waals surface area contributed by atoms with Crippen LogP contribution >= 0.6 is 0 Å². The molecule has 6 heteroatoms. The number of aromatic nitrogens is 2. The van der Waals surface area contributed by atoms with Gasteiger partial charge >= 0.3 is 5.69 Å². The molecule has 0 spiro atoms. The predicted octanol–water partition coefficient (Wildman–Crippen LogP) is 1.13. The van der Waals surface area contributed by atoms with E-state index in [1.54, 1.807) is 0 Å². The van der Waals surface area contributed by atoms with Crippen molar-refractivity contribution in [3.05, 3.63) is 50.9 Å². The molecule has 0 saturated carbocycles. The van der Waals surface area contributed by atoms with Crippen molar-refractivity contribution < 1.29 is 8.81 Å². The largest absolute Gasteiger partial charge is 0.437 e. The molecule has 0 aromatic heterocycles. The van der Waals surface area contributed by atoms with Gasteiger partial charge < -0.3 is 4.42 Å².